The number of hydrogen-bond acceptors (Lipinski definition) is 3. The van der Waals surface area contributed by atoms with Gasteiger partial charge in [0, 0.05) is 25.2 Å². The summed E-state index contributed by atoms with van der Waals surface area (Å²) in [5, 5.41) is 2.73. The Morgan fingerprint density at radius 3 is 2.74 bits per heavy atom. The monoisotopic (exact) mass is 318 g/mol. The van der Waals surface area contributed by atoms with E-state index in [-0.39, 0.29) is 5.91 Å². The number of aryl methyl sites for hydroxylation is 1. The smallest absolute Gasteiger partial charge is 0.407 e. The fourth-order valence-electron chi connectivity index (χ4n) is 2.67. The van der Waals surface area contributed by atoms with Gasteiger partial charge in [0.1, 0.15) is 5.60 Å². The molecule has 126 valence electrons. The number of ether oxygens (including phenoxy) is 1. The molecule has 0 saturated carbocycles. The average molecular weight is 318 g/mol. The van der Waals surface area contributed by atoms with Gasteiger partial charge in [-0.15, -0.1) is 0 Å². The molecule has 2 amide bonds. The summed E-state index contributed by atoms with van der Waals surface area (Å²) in [5.41, 5.74) is 1.73. The summed E-state index contributed by atoms with van der Waals surface area (Å²) in [5.74, 6) is 0.159. The van der Waals surface area contributed by atoms with Gasteiger partial charge in [-0.3, -0.25) is 4.79 Å². The second-order valence-corrected chi connectivity index (χ2v) is 6.81. The Morgan fingerprint density at radius 2 is 2.00 bits per heavy atom. The molecule has 2 rings (SSSR count). The Labute approximate surface area is 138 Å². The van der Waals surface area contributed by atoms with Crippen LogP contribution in [0.5, 0.6) is 0 Å². The van der Waals surface area contributed by atoms with E-state index in [1.54, 1.807) is 0 Å². The molecule has 0 bridgehead atoms. The highest BCUT2D eigenvalue weighted by Crippen LogP contribution is 2.26. The highest BCUT2D eigenvalue weighted by Gasteiger charge is 2.21. The van der Waals surface area contributed by atoms with Gasteiger partial charge < -0.3 is 15.0 Å². The number of hydrogen-bond donors (Lipinski definition) is 1. The number of nitrogens with one attached hydrogen (secondary N) is 1. The number of nitrogens with zero attached hydrogens (tertiary/aromatic N) is 1. The molecule has 0 saturated heterocycles. The molecule has 0 atom stereocenters. The van der Waals surface area contributed by atoms with Crippen LogP contribution in [0.2, 0.25) is 0 Å². The van der Waals surface area contributed by atoms with Crippen LogP contribution in [0.3, 0.4) is 0 Å². The maximum Gasteiger partial charge on any atom is 0.407 e. The van der Waals surface area contributed by atoms with Gasteiger partial charge in [0.05, 0.1) is 0 Å². The van der Waals surface area contributed by atoms with Crippen molar-refractivity contribution in [2.75, 3.05) is 18.0 Å². The zero-order chi connectivity index (χ0) is 16.9. The molecule has 1 aromatic rings. The summed E-state index contributed by atoms with van der Waals surface area (Å²) < 4.78 is 5.20. The Balaban J connectivity index is 1.87. The number of benzene rings is 1. The predicted molar refractivity (Wildman–Crippen MR) is 90.6 cm³/mol. The Bertz CT molecular complexity index is 564. The molecule has 1 heterocycles. The van der Waals surface area contributed by atoms with Crippen molar-refractivity contribution in [3.05, 3.63) is 29.8 Å². The molecule has 0 fully saturated rings. The molecule has 0 aliphatic carbocycles. The molecule has 0 aromatic heterocycles. The minimum Gasteiger partial charge on any atom is -0.444 e. The van der Waals surface area contributed by atoms with Gasteiger partial charge in [0.25, 0.3) is 0 Å². The summed E-state index contributed by atoms with van der Waals surface area (Å²) >= 11 is 0. The minimum atomic E-state index is -0.496. The molecule has 5 nitrogen and oxygen atoms in total. The van der Waals surface area contributed by atoms with Gasteiger partial charge in [-0.25, -0.2) is 4.79 Å². The first-order chi connectivity index (χ1) is 10.9. The fourth-order valence-corrected chi connectivity index (χ4v) is 2.67. The van der Waals surface area contributed by atoms with E-state index in [1.165, 1.54) is 5.56 Å². The molecule has 1 N–H and O–H groups in total. The van der Waals surface area contributed by atoms with E-state index >= 15 is 0 Å². The molecule has 0 spiro atoms. The molecular formula is C18H26N2O3. The number of carbonyl (C=O) groups is 2. The molecule has 1 aromatic carbocycles. The number of amides is 2. The Morgan fingerprint density at radius 1 is 1.26 bits per heavy atom. The van der Waals surface area contributed by atoms with Crippen molar-refractivity contribution < 1.29 is 14.3 Å². The first kappa shape index (κ1) is 17.3. The zero-order valence-corrected chi connectivity index (χ0v) is 14.2. The lowest BCUT2D eigenvalue weighted by Gasteiger charge is -2.23. The third-order valence-corrected chi connectivity index (χ3v) is 3.65. The normalized spacial score (nSPS) is 14.9. The van der Waals surface area contributed by atoms with Crippen molar-refractivity contribution in [3.63, 3.8) is 0 Å². The molecule has 5 heteroatoms. The Hall–Kier alpha value is -2.04. The van der Waals surface area contributed by atoms with Gasteiger partial charge in [0.2, 0.25) is 5.91 Å². The fraction of sp³-hybridized carbons (Fsp3) is 0.556. The second-order valence-electron chi connectivity index (χ2n) is 6.81. The van der Waals surface area contributed by atoms with Crippen LogP contribution in [-0.4, -0.2) is 30.7 Å². The van der Waals surface area contributed by atoms with Gasteiger partial charge in [-0.1, -0.05) is 18.2 Å². The van der Waals surface area contributed by atoms with Gasteiger partial charge in [-0.05, 0) is 51.7 Å². The van der Waals surface area contributed by atoms with Crippen LogP contribution >= 0.6 is 0 Å². The number of alkyl carbamates (subject to hydrolysis) is 1. The van der Waals surface area contributed by atoms with E-state index in [1.807, 2.05) is 43.9 Å². The van der Waals surface area contributed by atoms with Crippen LogP contribution in [-0.2, 0) is 16.0 Å². The summed E-state index contributed by atoms with van der Waals surface area (Å²) in [6.45, 7) is 6.59. The van der Waals surface area contributed by atoms with Crippen LogP contribution in [0.1, 0.15) is 45.6 Å². The first-order valence-electron chi connectivity index (χ1n) is 8.22. The van der Waals surface area contributed by atoms with Gasteiger partial charge in [0.15, 0.2) is 0 Å². The van der Waals surface area contributed by atoms with Crippen molar-refractivity contribution in [2.45, 2.75) is 52.1 Å². The van der Waals surface area contributed by atoms with E-state index in [4.69, 9.17) is 4.74 Å². The maximum atomic E-state index is 12.3. The maximum absolute atomic E-state index is 12.3. The van der Waals surface area contributed by atoms with Crippen molar-refractivity contribution in [1.82, 2.24) is 5.32 Å². The zero-order valence-electron chi connectivity index (χ0n) is 14.2. The molecular weight excluding hydrogens is 292 g/mol. The second kappa shape index (κ2) is 7.49. The largest absolute Gasteiger partial charge is 0.444 e. The number of para-hydroxylation sites is 1. The van der Waals surface area contributed by atoms with Crippen molar-refractivity contribution in [1.29, 1.82) is 0 Å². The number of rotatable bonds is 4. The van der Waals surface area contributed by atoms with Crippen LogP contribution in [0.15, 0.2) is 24.3 Å². The first-order valence-corrected chi connectivity index (χ1v) is 8.22. The standard InChI is InChI=1S/C18H26N2O3/c1-18(2,3)23-17(22)19-12-7-13-20-15-10-5-4-8-14(15)9-6-11-16(20)21/h4-5,8,10H,6-7,9,11-13H2,1-3H3,(H,19,22). The number of carbonyl (C=O) groups excluding carboxylic acids is 2. The summed E-state index contributed by atoms with van der Waals surface area (Å²) in [6, 6.07) is 8.06. The summed E-state index contributed by atoms with van der Waals surface area (Å²) in [6.07, 6.45) is 2.69. The van der Waals surface area contributed by atoms with Crippen LogP contribution in [0.25, 0.3) is 0 Å². The van der Waals surface area contributed by atoms with Crippen LogP contribution in [0, 0.1) is 0 Å². The van der Waals surface area contributed by atoms with Crippen LogP contribution in [0.4, 0.5) is 10.5 Å². The van der Waals surface area contributed by atoms with Gasteiger partial charge in [-0.2, -0.15) is 0 Å². The lowest BCUT2D eigenvalue weighted by molar-refractivity contribution is -0.118. The van der Waals surface area contributed by atoms with Crippen molar-refractivity contribution >= 4 is 17.7 Å². The van der Waals surface area contributed by atoms with E-state index in [9.17, 15) is 9.59 Å². The van der Waals surface area contributed by atoms with E-state index in [0.717, 1.165) is 18.5 Å². The summed E-state index contributed by atoms with van der Waals surface area (Å²) in [4.78, 5) is 25.8. The molecule has 1 aliphatic heterocycles. The highest BCUT2D eigenvalue weighted by molar-refractivity contribution is 5.94. The van der Waals surface area contributed by atoms with E-state index in [2.05, 4.69) is 11.4 Å². The Kier molecular flexibility index (Phi) is 5.64. The number of fused-ring (bicyclic) bond motifs is 1. The van der Waals surface area contributed by atoms with E-state index in [0.29, 0.717) is 25.9 Å². The topological polar surface area (TPSA) is 58.6 Å². The lowest BCUT2D eigenvalue weighted by Crippen LogP contribution is -2.36. The third-order valence-electron chi connectivity index (χ3n) is 3.65. The van der Waals surface area contributed by atoms with E-state index < -0.39 is 11.7 Å². The third kappa shape index (κ3) is 5.27. The molecule has 23 heavy (non-hydrogen) atoms. The highest BCUT2D eigenvalue weighted by atomic mass is 16.6. The van der Waals surface area contributed by atoms with Crippen molar-refractivity contribution in [3.8, 4) is 0 Å². The lowest BCUT2D eigenvalue weighted by atomic mass is 10.1. The number of anilines is 1. The SMILES string of the molecule is CC(C)(C)OC(=O)NCCCN1C(=O)CCCc2ccccc21. The summed E-state index contributed by atoms with van der Waals surface area (Å²) in [7, 11) is 0. The van der Waals surface area contributed by atoms with Crippen LogP contribution < -0.4 is 10.2 Å². The predicted octanol–water partition coefficient (Wildman–Crippen LogP) is 3.27. The minimum absolute atomic E-state index is 0.159. The quantitative estimate of drug-likeness (QED) is 0.867. The van der Waals surface area contributed by atoms with Crippen molar-refractivity contribution in [2.24, 2.45) is 0 Å². The molecule has 1 aliphatic rings. The average Bonchev–Trinajstić information content (AvgIpc) is 2.61. The molecule has 0 unspecified atom stereocenters. The molecule has 0 radical (unpaired) electrons. The van der Waals surface area contributed by atoms with Gasteiger partial charge >= 0.3 is 6.09 Å².